The highest BCUT2D eigenvalue weighted by molar-refractivity contribution is 14.0. The van der Waals surface area contributed by atoms with E-state index >= 15 is 0 Å². The SMILES string of the molecule is CCNC(=NCC(c1ccc(C)s1)N1CCOCC1)NCCNC(C)(C)C.I. The van der Waals surface area contributed by atoms with Crippen molar-refractivity contribution < 1.29 is 4.74 Å². The van der Waals surface area contributed by atoms with Gasteiger partial charge in [-0.3, -0.25) is 9.89 Å². The summed E-state index contributed by atoms with van der Waals surface area (Å²) in [7, 11) is 0. The summed E-state index contributed by atoms with van der Waals surface area (Å²) >= 11 is 1.88. The van der Waals surface area contributed by atoms with Crippen LogP contribution in [-0.4, -0.2) is 68.9 Å². The smallest absolute Gasteiger partial charge is 0.191 e. The van der Waals surface area contributed by atoms with Crippen LogP contribution < -0.4 is 16.0 Å². The molecular formula is C20H38IN5OS. The van der Waals surface area contributed by atoms with Gasteiger partial charge in [0.05, 0.1) is 25.8 Å². The first kappa shape index (κ1) is 25.6. The molecule has 1 aliphatic rings. The molecule has 162 valence electrons. The predicted molar refractivity (Wildman–Crippen MR) is 131 cm³/mol. The Bertz CT molecular complexity index is 581. The number of rotatable bonds is 8. The van der Waals surface area contributed by atoms with Crippen LogP contribution >= 0.6 is 35.3 Å². The van der Waals surface area contributed by atoms with Gasteiger partial charge in [-0.2, -0.15) is 0 Å². The zero-order valence-corrected chi connectivity index (χ0v) is 21.2. The normalized spacial score (nSPS) is 17.1. The van der Waals surface area contributed by atoms with Crippen molar-refractivity contribution in [1.29, 1.82) is 0 Å². The van der Waals surface area contributed by atoms with Crippen molar-refractivity contribution in [3.8, 4) is 0 Å². The standard InChI is InChI=1S/C20H37N5OS.HI/c1-6-21-19(22-9-10-24-20(3,4)5)23-15-17(18-8-7-16(2)27-18)25-11-13-26-14-12-25;/h7-8,17,24H,6,9-15H2,1-5H3,(H2,21,22,23);1H. The van der Waals surface area contributed by atoms with E-state index in [2.05, 4.69) is 67.6 Å². The Balaban J connectivity index is 0.00000392. The number of hydrogen-bond acceptors (Lipinski definition) is 5. The van der Waals surface area contributed by atoms with Crippen LogP contribution in [0.1, 0.15) is 43.5 Å². The number of hydrogen-bond donors (Lipinski definition) is 3. The van der Waals surface area contributed by atoms with E-state index in [0.717, 1.165) is 58.4 Å². The first-order chi connectivity index (χ1) is 12.9. The molecule has 0 aromatic carbocycles. The van der Waals surface area contributed by atoms with E-state index in [9.17, 15) is 0 Å². The van der Waals surface area contributed by atoms with Crippen molar-refractivity contribution in [3.63, 3.8) is 0 Å². The molecule has 0 aliphatic carbocycles. The fraction of sp³-hybridized carbons (Fsp3) is 0.750. The third-order valence-electron chi connectivity index (χ3n) is 4.42. The van der Waals surface area contributed by atoms with Gasteiger partial charge < -0.3 is 20.7 Å². The van der Waals surface area contributed by atoms with E-state index < -0.39 is 0 Å². The molecule has 1 aromatic heterocycles. The number of aliphatic imine (C=N–C) groups is 1. The van der Waals surface area contributed by atoms with Gasteiger partial charge in [0.25, 0.3) is 0 Å². The predicted octanol–water partition coefficient (Wildman–Crippen LogP) is 2.99. The van der Waals surface area contributed by atoms with E-state index in [1.165, 1.54) is 9.75 Å². The monoisotopic (exact) mass is 523 g/mol. The number of nitrogens with one attached hydrogen (secondary N) is 3. The molecule has 1 saturated heterocycles. The Morgan fingerprint density at radius 2 is 1.93 bits per heavy atom. The van der Waals surface area contributed by atoms with Gasteiger partial charge in [0.1, 0.15) is 0 Å². The average Bonchev–Trinajstić information content (AvgIpc) is 3.05. The molecular weight excluding hydrogens is 485 g/mol. The summed E-state index contributed by atoms with van der Waals surface area (Å²) < 4.78 is 5.54. The van der Waals surface area contributed by atoms with Gasteiger partial charge in [0.15, 0.2) is 5.96 Å². The zero-order chi connectivity index (χ0) is 19.7. The lowest BCUT2D eigenvalue weighted by molar-refractivity contribution is 0.0186. The van der Waals surface area contributed by atoms with Crippen molar-refractivity contribution in [3.05, 3.63) is 21.9 Å². The summed E-state index contributed by atoms with van der Waals surface area (Å²) in [5.74, 6) is 0.889. The highest BCUT2D eigenvalue weighted by atomic mass is 127. The van der Waals surface area contributed by atoms with Crippen LogP contribution in [0.25, 0.3) is 0 Å². The second kappa shape index (κ2) is 13.0. The summed E-state index contributed by atoms with van der Waals surface area (Å²) in [5.41, 5.74) is 0.135. The maximum atomic E-state index is 5.54. The molecule has 1 aliphatic heterocycles. The summed E-state index contributed by atoms with van der Waals surface area (Å²) in [4.78, 5) is 10.1. The molecule has 8 heteroatoms. The molecule has 2 heterocycles. The number of thiophene rings is 1. The van der Waals surface area contributed by atoms with E-state index in [1.807, 2.05) is 11.3 Å². The number of nitrogens with zero attached hydrogens (tertiary/aromatic N) is 2. The van der Waals surface area contributed by atoms with Crippen LogP contribution in [0, 0.1) is 6.92 Å². The molecule has 2 rings (SSSR count). The van der Waals surface area contributed by atoms with E-state index in [0.29, 0.717) is 6.04 Å². The fourth-order valence-electron chi connectivity index (χ4n) is 3.04. The lowest BCUT2D eigenvalue weighted by atomic mass is 10.1. The summed E-state index contributed by atoms with van der Waals surface area (Å²) in [6.07, 6.45) is 0. The lowest BCUT2D eigenvalue weighted by Crippen LogP contribution is -2.45. The van der Waals surface area contributed by atoms with Crippen LogP contribution in [0.15, 0.2) is 17.1 Å². The second-order valence-electron chi connectivity index (χ2n) is 7.94. The number of ether oxygens (including phenoxy) is 1. The first-order valence-corrected chi connectivity index (χ1v) is 10.9. The van der Waals surface area contributed by atoms with Gasteiger partial charge in [-0.25, -0.2) is 0 Å². The van der Waals surface area contributed by atoms with Crippen LogP contribution in [0.3, 0.4) is 0 Å². The van der Waals surface area contributed by atoms with Gasteiger partial charge in [0.2, 0.25) is 0 Å². The number of guanidine groups is 1. The fourth-order valence-corrected chi connectivity index (χ4v) is 4.05. The Kier molecular flexibility index (Phi) is 11.9. The number of morpholine rings is 1. The molecule has 0 amide bonds. The molecule has 0 saturated carbocycles. The van der Waals surface area contributed by atoms with Crippen molar-refractivity contribution in [2.24, 2.45) is 4.99 Å². The third-order valence-corrected chi connectivity index (χ3v) is 5.52. The van der Waals surface area contributed by atoms with Crippen LogP contribution in [0.4, 0.5) is 0 Å². The summed E-state index contributed by atoms with van der Waals surface area (Å²) in [6, 6.07) is 4.78. The highest BCUT2D eigenvalue weighted by Crippen LogP contribution is 2.28. The van der Waals surface area contributed by atoms with E-state index in [-0.39, 0.29) is 29.5 Å². The Morgan fingerprint density at radius 3 is 2.50 bits per heavy atom. The van der Waals surface area contributed by atoms with Crippen LogP contribution in [-0.2, 0) is 4.74 Å². The van der Waals surface area contributed by atoms with Gasteiger partial charge >= 0.3 is 0 Å². The molecule has 1 unspecified atom stereocenters. The lowest BCUT2D eigenvalue weighted by Gasteiger charge is -2.33. The molecule has 28 heavy (non-hydrogen) atoms. The maximum Gasteiger partial charge on any atom is 0.191 e. The molecule has 1 atom stereocenters. The largest absolute Gasteiger partial charge is 0.379 e. The van der Waals surface area contributed by atoms with Crippen molar-refractivity contribution in [2.45, 2.75) is 46.2 Å². The maximum absolute atomic E-state index is 5.54. The van der Waals surface area contributed by atoms with Gasteiger partial charge in [-0.05, 0) is 46.8 Å². The van der Waals surface area contributed by atoms with Crippen LogP contribution in [0.2, 0.25) is 0 Å². The molecule has 0 bridgehead atoms. The van der Waals surface area contributed by atoms with E-state index in [1.54, 1.807) is 0 Å². The minimum absolute atomic E-state index is 0. The Hall–Kier alpha value is -0.420. The minimum atomic E-state index is 0. The molecule has 1 fully saturated rings. The first-order valence-electron chi connectivity index (χ1n) is 10.0. The summed E-state index contributed by atoms with van der Waals surface area (Å²) in [5, 5.41) is 10.3. The topological polar surface area (TPSA) is 60.9 Å². The molecule has 0 radical (unpaired) electrons. The average molecular weight is 524 g/mol. The zero-order valence-electron chi connectivity index (χ0n) is 18.0. The van der Waals surface area contributed by atoms with Crippen molar-refractivity contribution >= 4 is 41.3 Å². The third kappa shape index (κ3) is 9.39. The highest BCUT2D eigenvalue weighted by Gasteiger charge is 2.23. The van der Waals surface area contributed by atoms with Crippen molar-refractivity contribution in [2.75, 3.05) is 52.5 Å². The molecule has 0 spiro atoms. The number of halogens is 1. The Morgan fingerprint density at radius 1 is 1.21 bits per heavy atom. The van der Waals surface area contributed by atoms with Gasteiger partial charge in [0, 0.05) is 48.0 Å². The molecule has 6 nitrogen and oxygen atoms in total. The Labute approximate surface area is 191 Å². The van der Waals surface area contributed by atoms with Crippen molar-refractivity contribution in [1.82, 2.24) is 20.9 Å². The van der Waals surface area contributed by atoms with Gasteiger partial charge in [-0.1, -0.05) is 0 Å². The van der Waals surface area contributed by atoms with Gasteiger partial charge in [-0.15, -0.1) is 35.3 Å². The quantitative estimate of drug-likeness (QED) is 0.212. The minimum Gasteiger partial charge on any atom is -0.379 e. The van der Waals surface area contributed by atoms with E-state index in [4.69, 9.17) is 9.73 Å². The second-order valence-corrected chi connectivity index (χ2v) is 9.26. The number of aryl methyl sites for hydroxylation is 1. The molecule has 1 aromatic rings. The molecule has 3 N–H and O–H groups in total. The summed E-state index contributed by atoms with van der Waals surface area (Å²) in [6.45, 7) is 17.7. The van der Waals surface area contributed by atoms with Crippen LogP contribution in [0.5, 0.6) is 0 Å².